The van der Waals surface area contributed by atoms with E-state index in [4.69, 9.17) is 10.8 Å². The summed E-state index contributed by atoms with van der Waals surface area (Å²) in [6.07, 6.45) is -0.522. The first kappa shape index (κ1) is 17.2. The molecule has 0 spiro atoms. The second-order valence-corrected chi connectivity index (χ2v) is 3.90. The lowest BCUT2D eigenvalue weighted by Gasteiger charge is -2.17. The van der Waals surface area contributed by atoms with Gasteiger partial charge in [0, 0.05) is 13.8 Å². The number of alkyl carbamates (subject to hydrolysis) is 1. The van der Waals surface area contributed by atoms with Gasteiger partial charge < -0.3 is 25.6 Å². The van der Waals surface area contributed by atoms with Gasteiger partial charge in [0.1, 0.15) is 6.04 Å². The molecule has 8 nitrogen and oxygen atoms in total. The summed E-state index contributed by atoms with van der Waals surface area (Å²) in [5, 5.41) is 11.1. The number of hydrogen-bond donors (Lipinski definition) is 3. The van der Waals surface area contributed by atoms with E-state index in [9.17, 15) is 14.4 Å². The van der Waals surface area contributed by atoms with Gasteiger partial charge in [0.2, 0.25) is 6.29 Å². The number of nitrogens with one attached hydrogen (secondary N) is 1. The lowest BCUT2D eigenvalue weighted by atomic mass is 10.1. The van der Waals surface area contributed by atoms with Gasteiger partial charge >= 0.3 is 18.0 Å². The third kappa shape index (κ3) is 8.83. The van der Waals surface area contributed by atoms with Crippen molar-refractivity contribution in [2.45, 2.75) is 45.4 Å². The monoisotopic (exact) mass is 276 g/mol. The minimum absolute atomic E-state index is 0.254. The van der Waals surface area contributed by atoms with Crippen molar-refractivity contribution in [1.29, 1.82) is 0 Å². The van der Waals surface area contributed by atoms with E-state index in [0.29, 0.717) is 19.4 Å². The second-order valence-electron chi connectivity index (χ2n) is 3.90. The Morgan fingerprint density at radius 2 is 1.89 bits per heavy atom. The molecule has 0 aliphatic heterocycles. The molecule has 0 heterocycles. The Morgan fingerprint density at radius 3 is 2.37 bits per heavy atom. The number of aliphatic carboxylic acids is 1. The van der Waals surface area contributed by atoms with Gasteiger partial charge in [-0.25, -0.2) is 9.59 Å². The number of amides is 1. The number of esters is 1. The Hall–Kier alpha value is -1.83. The predicted octanol–water partition coefficient (Wildman–Crippen LogP) is 0.204. The summed E-state index contributed by atoms with van der Waals surface area (Å²) >= 11 is 0. The topological polar surface area (TPSA) is 128 Å². The van der Waals surface area contributed by atoms with Crippen LogP contribution < -0.4 is 11.1 Å². The van der Waals surface area contributed by atoms with Crippen molar-refractivity contribution < 1.29 is 29.0 Å². The molecule has 2 unspecified atom stereocenters. The normalized spacial score (nSPS) is 13.2. The maximum atomic E-state index is 11.4. The molecular formula is C11H20N2O6. The summed E-state index contributed by atoms with van der Waals surface area (Å²) in [6.45, 7) is 2.98. The average Bonchev–Trinajstić information content (AvgIpc) is 2.26. The molecule has 0 saturated carbocycles. The van der Waals surface area contributed by atoms with E-state index in [1.807, 2.05) is 0 Å². The SMILES string of the molecule is CC(=O)OC(C)OC(=O)NC(CCCCN)C(=O)O. The lowest BCUT2D eigenvalue weighted by molar-refractivity contribution is -0.162. The number of rotatable bonds is 8. The Bertz CT molecular complexity index is 320. The van der Waals surface area contributed by atoms with Crippen LogP contribution in [0, 0.1) is 0 Å². The number of unbranched alkanes of at least 4 members (excludes halogenated alkanes) is 1. The zero-order valence-corrected chi connectivity index (χ0v) is 11.0. The predicted molar refractivity (Wildman–Crippen MR) is 65.2 cm³/mol. The molecule has 0 aliphatic rings. The van der Waals surface area contributed by atoms with Crippen molar-refractivity contribution in [3.05, 3.63) is 0 Å². The summed E-state index contributed by atoms with van der Waals surface area (Å²) in [7, 11) is 0. The number of carbonyl (C=O) groups excluding carboxylic acids is 2. The first-order valence-corrected chi connectivity index (χ1v) is 5.94. The Morgan fingerprint density at radius 1 is 1.26 bits per heavy atom. The van der Waals surface area contributed by atoms with E-state index in [1.54, 1.807) is 0 Å². The standard InChI is InChI=1S/C11H20N2O6/c1-7(14)18-8(2)19-11(17)13-9(10(15)16)5-3-4-6-12/h8-9H,3-6,12H2,1-2H3,(H,13,17)(H,15,16). The molecule has 0 fully saturated rings. The minimum Gasteiger partial charge on any atom is -0.480 e. The molecule has 0 rings (SSSR count). The molecule has 8 heteroatoms. The number of ether oxygens (including phenoxy) is 2. The highest BCUT2D eigenvalue weighted by atomic mass is 16.7. The Balaban J connectivity index is 4.16. The molecule has 0 bridgehead atoms. The zero-order valence-electron chi connectivity index (χ0n) is 11.0. The van der Waals surface area contributed by atoms with Crippen LogP contribution in [-0.2, 0) is 19.1 Å². The van der Waals surface area contributed by atoms with E-state index in [1.165, 1.54) is 13.8 Å². The molecular weight excluding hydrogens is 256 g/mol. The second kappa shape index (κ2) is 9.15. The van der Waals surface area contributed by atoms with Crippen LogP contribution in [0.4, 0.5) is 4.79 Å². The Labute approximate surface area is 111 Å². The van der Waals surface area contributed by atoms with Crippen LogP contribution in [0.5, 0.6) is 0 Å². The molecule has 110 valence electrons. The van der Waals surface area contributed by atoms with Gasteiger partial charge in [0.15, 0.2) is 0 Å². The highest BCUT2D eigenvalue weighted by Gasteiger charge is 2.21. The third-order valence-electron chi connectivity index (χ3n) is 2.14. The summed E-state index contributed by atoms with van der Waals surface area (Å²) in [6, 6.07) is -1.05. The minimum atomic E-state index is -1.16. The fourth-order valence-corrected chi connectivity index (χ4v) is 1.33. The molecule has 0 saturated heterocycles. The van der Waals surface area contributed by atoms with E-state index >= 15 is 0 Å². The third-order valence-corrected chi connectivity index (χ3v) is 2.14. The molecule has 0 aromatic rings. The molecule has 0 radical (unpaired) electrons. The van der Waals surface area contributed by atoms with Crippen molar-refractivity contribution in [3.8, 4) is 0 Å². The highest BCUT2D eigenvalue weighted by Crippen LogP contribution is 2.02. The van der Waals surface area contributed by atoms with Crippen molar-refractivity contribution in [3.63, 3.8) is 0 Å². The molecule has 4 N–H and O–H groups in total. The van der Waals surface area contributed by atoms with Gasteiger partial charge in [-0.1, -0.05) is 0 Å². The lowest BCUT2D eigenvalue weighted by Crippen LogP contribution is -2.42. The van der Waals surface area contributed by atoms with Crippen molar-refractivity contribution in [1.82, 2.24) is 5.32 Å². The fraction of sp³-hybridized carbons (Fsp3) is 0.727. The number of carbonyl (C=O) groups is 3. The van der Waals surface area contributed by atoms with Crippen LogP contribution >= 0.6 is 0 Å². The largest absolute Gasteiger partial charge is 0.480 e. The van der Waals surface area contributed by atoms with Crippen molar-refractivity contribution in [2.24, 2.45) is 5.73 Å². The van der Waals surface area contributed by atoms with Crippen LogP contribution in [0.25, 0.3) is 0 Å². The number of nitrogens with two attached hydrogens (primary N) is 1. The quantitative estimate of drug-likeness (QED) is 0.328. The van der Waals surface area contributed by atoms with Gasteiger partial charge in [-0.15, -0.1) is 0 Å². The van der Waals surface area contributed by atoms with Crippen LogP contribution in [0.3, 0.4) is 0 Å². The number of carboxylic acid groups (broad SMARTS) is 1. The summed E-state index contributed by atoms with van der Waals surface area (Å²) in [5.41, 5.74) is 5.30. The van der Waals surface area contributed by atoms with E-state index in [-0.39, 0.29) is 6.42 Å². The Kier molecular flexibility index (Phi) is 8.27. The molecule has 19 heavy (non-hydrogen) atoms. The van der Waals surface area contributed by atoms with E-state index in [0.717, 1.165) is 0 Å². The first-order chi connectivity index (χ1) is 8.86. The summed E-state index contributed by atoms with van der Waals surface area (Å²) in [5.74, 6) is -1.76. The fourth-order valence-electron chi connectivity index (χ4n) is 1.33. The number of hydrogen-bond acceptors (Lipinski definition) is 6. The average molecular weight is 276 g/mol. The van der Waals surface area contributed by atoms with Crippen LogP contribution in [0.1, 0.15) is 33.1 Å². The van der Waals surface area contributed by atoms with Crippen molar-refractivity contribution >= 4 is 18.0 Å². The van der Waals surface area contributed by atoms with Crippen molar-refractivity contribution in [2.75, 3.05) is 6.54 Å². The highest BCUT2D eigenvalue weighted by molar-refractivity contribution is 5.79. The molecule has 0 aliphatic carbocycles. The smallest absolute Gasteiger partial charge is 0.410 e. The molecule has 2 atom stereocenters. The van der Waals surface area contributed by atoms with Gasteiger partial charge in [0.25, 0.3) is 0 Å². The van der Waals surface area contributed by atoms with Gasteiger partial charge in [-0.05, 0) is 25.8 Å². The maximum Gasteiger partial charge on any atom is 0.410 e. The first-order valence-electron chi connectivity index (χ1n) is 5.94. The van der Waals surface area contributed by atoms with Crippen LogP contribution in [0.2, 0.25) is 0 Å². The summed E-state index contributed by atoms with van der Waals surface area (Å²) < 4.78 is 9.24. The van der Waals surface area contributed by atoms with E-state index < -0.39 is 30.4 Å². The van der Waals surface area contributed by atoms with E-state index in [2.05, 4.69) is 14.8 Å². The maximum absolute atomic E-state index is 11.4. The number of carboxylic acids is 1. The molecule has 1 amide bonds. The van der Waals surface area contributed by atoms with Crippen LogP contribution in [-0.4, -0.2) is 42.0 Å². The zero-order chi connectivity index (χ0) is 14.8. The molecule has 0 aromatic carbocycles. The van der Waals surface area contributed by atoms with Gasteiger partial charge in [-0.2, -0.15) is 0 Å². The van der Waals surface area contributed by atoms with Gasteiger partial charge in [-0.3, -0.25) is 4.79 Å². The van der Waals surface area contributed by atoms with Gasteiger partial charge in [0.05, 0.1) is 0 Å². The summed E-state index contributed by atoms with van der Waals surface area (Å²) in [4.78, 5) is 32.9. The van der Waals surface area contributed by atoms with Crippen LogP contribution in [0.15, 0.2) is 0 Å². The molecule has 0 aromatic heterocycles.